The van der Waals surface area contributed by atoms with E-state index in [4.69, 9.17) is 4.52 Å². The standard InChI is InChI=1S/C16H20N4O2/c1-19(2)16(21)20-11-7-6-10-13(20)15-17-14(18-22-15)12-8-4-3-5-9-12/h3-5,8-9,13H,6-7,10-11H2,1-2H3/t13-/m0/s1. The number of urea groups is 1. The number of likely N-dealkylation sites (tertiary alicyclic amines) is 1. The topological polar surface area (TPSA) is 62.5 Å². The average molecular weight is 300 g/mol. The third-order valence-electron chi connectivity index (χ3n) is 3.89. The van der Waals surface area contributed by atoms with Crippen LogP contribution < -0.4 is 0 Å². The molecular formula is C16H20N4O2. The van der Waals surface area contributed by atoms with Crippen molar-refractivity contribution in [2.45, 2.75) is 25.3 Å². The number of hydrogen-bond donors (Lipinski definition) is 0. The molecule has 0 saturated carbocycles. The van der Waals surface area contributed by atoms with Gasteiger partial charge < -0.3 is 14.3 Å². The molecule has 116 valence electrons. The number of aromatic nitrogens is 2. The van der Waals surface area contributed by atoms with Gasteiger partial charge in [0.25, 0.3) is 0 Å². The molecule has 6 nitrogen and oxygen atoms in total. The van der Waals surface area contributed by atoms with Gasteiger partial charge in [0.2, 0.25) is 11.7 Å². The van der Waals surface area contributed by atoms with E-state index >= 15 is 0 Å². The third kappa shape index (κ3) is 2.81. The number of carbonyl (C=O) groups excluding carboxylic acids is 1. The van der Waals surface area contributed by atoms with E-state index in [0.29, 0.717) is 11.7 Å². The molecule has 2 amide bonds. The highest BCUT2D eigenvalue weighted by molar-refractivity contribution is 5.74. The van der Waals surface area contributed by atoms with Crippen LogP contribution in [0.3, 0.4) is 0 Å². The first-order valence-electron chi connectivity index (χ1n) is 7.54. The van der Waals surface area contributed by atoms with Gasteiger partial charge in [0.05, 0.1) is 0 Å². The molecule has 1 saturated heterocycles. The monoisotopic (exact) mass is 300 g/mol. The summed E-state index contributed by atoms with van der Waals surface area (Å²) in [7, 11) is 3.52. The molecule has 6 heteroatoms. The van der Waals surface area contributed by atoms with Crippen LogP contribution in [0.5, 0.6) is 0 Å². The summed E-state index contributed by atoms with van der Waals surface area (Å²) in [4.78, 5) is 20.2. The molecule has 3 rings (SSSR count). The zero-order valence-electron chi connectivity index (χ0n) is 12.9. The lowest BCUT2D eigenvalue weighted by Gasteiger charge is -2.35. The molecule has 0 aliphatic carbocycles. The second kappa shape index (κ2) is 6.17. The van der Waals surface area contributed by atoms with Crippen molar-refractivity contribution in [3.8, 4) is 11.4 Å². The Labute approximate surface area is 129 Å². The van der Waals surface area contributed by atoms with E-state index in [1.165, 1.54) is 0 Å². The zero-order chi connectivity index (χ0) is 15.5. The van der Waals surface area contributed by atoms with Crippen molar-refractivity contribution < 1.29 is 9.32 Å². The highest BCUT2D eigenvalue weighted by Gasteiger charge is 2.33. The van der Waals surface area contributed by atoms with Crippen molar-refractivity contribution in [3.05, 3.63) is 36.2 Å². The normalized spacial score (nSPS) is 18.3. The van der Waals surface area contributed by atoms with Crippen LogP contribution in [0.15, 0.2) is 34.9 Å². The van der Waals surface area contributed by atoms with E-state index < -0.39 is 0 Å². The van der Waals surface area contributed by atoms with Crippen molar-refractivity contribution in [1.82, 2.24) is 19.9 Å². The smallest absolute Gasteiger partial charge is 0.320 e. The number of carbonyl (C=O) groups is 1. The molecule has 0 radical (unpaired) electrons. The first-order chi connectivity index (χ1) is 10.7. The van der Waals surface area contributed by atoms with E-state index in [1.54, 1.807) is 19.0 Å². The number of nitrogens with zero attached hydrogens (tertiary/aromatic N) is 4. The molecule has 1 atom stereocenters. The van der Waals surface area contributed by atoms with Crippen LogP contribution in [0.1, 0.15) is 31.2 Å². The predicted octanol–water partition coefficient (Wildman–Crippen LogP) is 2.95. The highest BCUT2D eigenvalue weighted by Crippen LogP contribution is 2.31. The van der Waals surface area contributed by atoms with Crippen molar-refractivity contribution in [3.63, 3.8) is 0 Å². The average Bonchev–Trinajstić information content (AvgIpc) is 3.05. The molecule has 2 heterocycles. The lowest BCUT2D eigenvalue weighted by molar-refractivity contribution is 0.113. The molecule has 0 unspecified atom stereocenters. The summed E-state index contributed by atoms with van der Waals surface area (Å²) >= 11 is 0. The van der Waals surface area contributed by atoms with Crippen LogP contribution in [-0.4, -0.2) is 46.6 Å². The Kier molecular flexibility index (Phi) is 4.09. The van der Waals surface area contributed by atoms with E-state index in [0.717, 1.165) is 31.4 Å². The summed E-state index contributed by atoms with van der Waals surface area (Å²) < 4.78 is 5.45. The molecule has 1 aliphatic heterocycles. The quantitative estimate of drug-likeness (QED) is 0.855. The zero-order valence-corrected chi connectivity index (χ0v) is 12.9. The molecule has 22 heavy (non-hydrogen) atoms. The molecule has 1 aromatic heterocycles. The minimum absolute atomic E-state index is 0.0100. The van der Waals surface area contributed by atoms with Crippen molar-refractivity contribution in [1.29, 1.82) is 0 Å². The van der Waals surface area contributed by atoms with E-state index in [1.807, 2.05) is 35.2 Å². The minimum atomic E-state index is -0.131. The number of rotatable bonds is 2. The summed E-state index contributed by atoms with van der Waals surface area (Å²) in [5, 5.41) is 4.06. The van der Waals surface area contributed by atoms with Crippen molar-refractivity contribution in [2.75, 3.05) is 20.6 Å². The Morgan fingerprint density at radius 2 is 2.05 bits per heavy atom. The Morgan fingerprint density at radius 1 is 1.27 bits per heavy atom. The maximum atomic E-state index is 12.3. The molecule has 0 spiro atoms. The lowest BCUT2D eigenvalue weighted by Crippen LogP contribution is -2.44. The van der Waals surface area contributed by atoms with Gasteiger partial charge in [-0.05, 0) is 19.3 Å². The lowest BCUT2D eigenvalue weighted by atomic mass is 10.0. The van der Waals surface area contributed by atoms with Gasteiger partial charge >= 0.3 is 6.03 Å². The van der Waals surface area contributed by atoms with Crippen LogP contribution in [0.2, 0.25) is 0 Å². The summed E-state index contributed by atoms with van der Waals surface area (Å²) in [5.74, 6) is 1.09. The Bertz CT molecular complexity index is 639. The Hall–Kier alpha value is -2.37. The number of piperidine rings is 1. The van der Waals surface area contributed by atoms with Gasteiger partial charge in [-0.3, -0.25) is 0 Å². The van der Waals surface area contributed by atoms with Gasteiger partial charge in [-0.2, -0.15) is 4.98 Å². The number of hydrogen-bond acceptors (Lipinski definition) is 4. The third-order valence-corrected chi connectivity index (χ3v) is 3.89. The van der Waals surface area contributed by atoms with Gasteiger partial charge in [-0.1, -0.05) is 35.5 Å². The van der Waals surface area contributed by atoms with Crippen molar-refractivity contribution in [2.24, 2.45) is 0 Å². The van der Waals surface area contributed by atoms with E-state index in [2.05, 4.69) is 10.1 Å². The first-order valence-corrected chi connectivity index (χ1v) is 7.54. The summed E-state index contributed by atoms with van der Waals surface area (Å²) in [6.45, 7) is 0.727. The Balaban J connectivity index is 1.86. The fraction of sp³-hybridized carbons (Fsp3) is 0.438. The van der Waals surface area contributed by atoms with Gasteiger partial charge in [-0.15, -0.1) is 0 Å². The van der Waals surface area contributed by atoms with E-state index in [9.17, 15) is 4.79 Å². The van der Waals surface area contributed by atoms with Gasteiger partial charge in [0, 0.05) is 26.2 Å². The minimum Gasteiger partial charge on any atom is -0.337 e. The first kappa shape index (κ1) is 14.6. The molecule has 1 aromatic carbocycles. The molecular weight excluding hydrogens is 280 g/mol. The van der Waals surface area contributed by atoms with Gasteiger partial charge in [0.1, 0.15) is 6.04 Å². The summed E-state index contributed by atoms with van der Waals surface area (Å²) in [6, 6.07) is 9.57. The van der Waals surface area contributed by atoms with Crippen LogP contribution in [-0.2, 0) is 0 Å². The molecule has 0 bridgehead atoms. The largest absolute Gasteiger partial charge is 0.337 e. The highest BCUT2D eigenvalue weighted by atomic mass is 16.5. The second-order valence-electron chi connectivity index (χ2n) is 5.70. The van der Waals surface area contributed by atoms with Crippen LogP contribution in [0.25, 0.3) is 11.4 Å². The van der Waals surface area contributed by atoms with E-state index in [-0.39, 0.29) is 12.1 Å². The fourth-order valence-electron chi connectivity index (χ4n) is 2.75. The maximum Gasteiger partial charge on any atom is 0.320 e. The number of amides is 2. The Morgan fingerprint density at radius 3 is 2.77 bits per heavy atom. The molecule has 1 aliphatic rings. The number of benzene rings is 1. The molecule has 1 fully saturated rings. The second-order valence-corrected chi connectivity index (χ2v) is 5.70. The van der Waals surface area contributed by atoms with Gasteiger partial charge in [-0.25, -0.2) is 4.79 Å². The summed E-state index contributed by atoms with van der Waals surface area (Å²) in [5.41, 5.74) is 0.916. The molecule has 0 N–H and O–H groups in total. The SMILES string of the molecule is CN(C)C(=O)N1CCCC[C@H]1c1nc(-c2ccccc2)no1. The maximum absolute atomic E-state index is 12.3. The summed E-state index contributed by atoms with van der Waals surface area (Å²) in [6.07, 6.45) is 2.93. The fourth-order valence-corrected chi connectivity index (χ4v) is 2.75. The van der Waals surface area contributed by atoms with Crippen LogP contribution in [0, 0.1) is 0 Å². The van der Waals surface area contributed by atoms with Crippen molar-refractivity contribution >= 4 is 6.03 Å². The van der Waals surface area contributed by atoms with Gasteiger partial charge in [0.15, 0.2) is 0 Å². The van der Waals surface area contributed by atoms with Crippen LogP contribution >= 0.6 is 0 Å². The molecule has 2 aromatic rings. The predicted molar refractivity (Wildman–Crippen MR) is 82.1 cm³/mol. The van der Waals surface area contributed by atoms with Crippen LogP contribution in [0.4, 0.5) is 4.79 Å².